The molecule has 0 bridgehead atoms. The molecule has 122 valence electrons. The number of phenols is 2. The van der Waals surface area contributed by atoms with Gasteiger partial charge in [-0.2, -0.15) is 5.10 Å². The lowest BCUT2D eigenvalue weighted by atomic mass is 10.1. The van der Waals surface area contributed by atoms with Crippen molar-refractivity contribution < 1.29 is 19.4 Å². The fraction of sp³-hybridized carbons (Fsp3) is 0.111. The summed E-state index contributed by atoms with van der Waals surface area (Å²) in [5, 5.41) is 24.1. The number of rotatable bonds is 3. The predicted octanol–water partition coefficient (Wildman–Crippen LogP) is 3.31. The van der Waals surface area contributed by atoms with Crippen molar-refractivity contribution in [1.29, 1.82) is 0 Å². The Bertz CT molecular complexity index is 957. The highest BCUT2D eigenvalue weighted by atomic mass is 16.3. The second-order valence-corrected chi connectivity index (χ2v) is 5.39. The first-order valence-corrected chi connectivity index (χ1v) is 7.32. The van der Waals surface area contributed by atoms with Crippen molar-refractivity contribution in [2.24, 2.45) is 5.10 Å². The van der Waals surface area contributed by atoms with E-state index < -0.39 is 5.91 Å². The molecule has 1 aromatic heterocycles. The Hall–Kier alpha value is -3.28. The van der Waals surface area contributed by atoms with E-state index in [1.807, 2.05) is 18.2 Å². The molecule has 0 atom stereocenters. The number of carbonyl (C=O) groups excluding carboxylic acids is 1. The van der Waals surface area contributed by atoms with Gasteiger partial charge in [-0.1, -0.05) is 18.2 Å². The van der Waals surface area contributed by atoms with Crippen LogP contribution in [0.15, 0.2) is 52.0 Å². The Morgan fingerprint density at radius 1 is 1.17 bits per heavy atom. The van der Waals surface area contributed by atoms with Gasteiger partial charge in [0.1, 0.15) is 17.1 Å². The minimum Gasteiger partial charge on any atom is -0.508 e. The Balaban J connectivity index is 1.86. The zero-order chi connectivity index (χ0) is 17.3. The van der Waals surface area contributed by atoms with Crippen LogP contribution in [0.5, 0.6) is 11.5 Å². The molecule has 3 rings (SSSR count). The van der Waals surface area contributed by atoms with Gasteiger partial charge in [-0.15, -0.1) is 0 Å². The van der Waals surface area contributed by atoms with Gasteiger partial charge in [-0.25, -0.2) is 5.43 Å². The Kier molecular flexibility index (Phi) is 3.95. The van der Waals surface area contributed by atoms with E-state index in [0.29, 0.717) is 16.9 Å². The average molecular weight is 324 g/mol. The number of amides is 1. The monoisotopic (exact) mass is 324 g/mol. The Labute approximate surface area is 138 Å². The summed E-state index contributed by atoms with van der Waals surface area (Å²) in [5.41, 5.74) is 4.45. The van der Waals surface area contributed by atoms with Crippen molar-refractivity contribution in [2.45, 2.75) is 13.8 Å². The molecule has 1 amide bonds. The third-order valence-corrected chi connectivity index (χ3v) is 3.74. The van der Waals surface area contributed by atoms with Crippen LogP contribution in [-0.4, -0.2) is 21.8 Å². The highest BCUT2D eigenvalue weighted by Crippen LogP contribution is 2.25. The molecule has 3 aromatic rings. The number of para-hydroxylation sites is 1. The highest BCUT2D eigenvalue weighted by Gasteiger charge is 2.17. The van der Waals surface area contributed by atoms with E-state index in [1.54, 1.807) is 19.9 Å². The molecule has 6 heteroatoms. The van der Waals surface area contributed by atoms with Gasteiger partial charge in [0.25, 0.3) is 0 Å². The standard InChI is InChI=1S/C18H16N2O4/c1-10-13-5-3-4-6-16(13)24-17(10)18(23)20-19-11(2)14-9-12(21)7-8-15(14)22/h3-9,21-22H,1-2H3,(H,20,23)/b19-11-. The van der Waals surface area contributed by atoms with Gasteiger partial charge in [-0.05, 0) is 38.1 Å². The van der Waals surface area contributed by atoms with Crippen molar-refractivity contribution in [3.8, 4) is 11.5 Å². The third-order valence-electron chi connectivity index (χ3n) is 3.74. The number of hydrogen-bond acceptors (Lipinski definition) is 5. The summed E-state index contributed by atoms with van der Waals surface area (Å²) in [6.07, 6.45) is 0. The van der Waals surface area contributed by atoms with E-state index in [1.165, 1.54) is 18.2 Å². The molecule has 6 nitrogen and oxygen atoms in total. The number of hydrogen-bond donors (Lipinski definition) is 3. The summed E-state index contributed by atoms with van der Waals surface area (Å²) in [7, 11) is 0. The first-order chi connectivity index (χ1) is 11.5. The maximum absolute atomic E-state index is 12.3. The van der Waals surface area contributed by atoms with Crippen LogP contribution in [0, 0.1) is 6.92 Å². The molecular formula is C18H16N2O4. The maximum Gasteiger partial charge on any atom is 0.307 e. The van der Waals surface area contributed by atoms with Crippen LogP contribution in [0.3, 0.4) is 0 Å². The maximum atomic E-state index is 12.3. The Morgan fingerprint density at radius 3 is 2.67 bits per heavy atom. The zero-order valence-electron chi connectivity index (χ0n) is 13.2. The van der Waals surface area contributed by atoms with E-state index in [0.717, 1.165) is 10.9 Å². The van der Waals surface area contributed by atoms with E-state index >= 15 is 0 Å². The van der Waals surface area contributed by atoms with Crippen molar-refractivity contribution in [3.05, 3.63) is 59.4 Å². The zero-order valence-corrected chi connectivity index (χ0v) is 13.2. The number of aryl methyl sites for hydroxylation is 1. The second kappa shape index (κ2) is 6.08. The van der Waals surface area contributed by atoms with Crippen molar-refractivity contribution in [1.82, 2.24) is 5.43 Å². The number of benzene rings is 2. The van der Waals surface area contributed by atoms with Gasteiger partial charge in [0, 0.05) is 16.5 Å². The Morgan fingerprint density at radius 2 is 1.92 bits per heavy atom. The number of furan rings is 1. The summed E-state index contributed by atoms with van der Waals surface area (Å²) in [4.78, 5) is 12.3. The molecule has 0 aliphatic rings. The highest BCUT2D eigenvalue weighted by molar-refractivity contribution is 6.03. The van der Waals surface area contributed by atoms with Crippen LogP contribution in [0.2, 0.25) is 0 Å². The molecule has 0 radical (unpaired) electrons. The number of fused-ring (bicyclic) bond motifs is 1. The van der Waals surface area contributed by atoms with Crippen LogP contribution in [0.1, 0.15) is 28.6 Å². The molecular weight excluding hydrogens is 308 g/mol. The molecule has 0 unspecified atom stereocenters. The summed E-state index contributed by atoms with van der Waals surface area (Å²) in [5.74, 6) is -0.337. The van der Waals surface area contributed by atoms with Crippen molar-refractivity contribution >= 4 is 22.6 Å². The van der Waals surface area contributed by atoms with Crippen LogP contribution in [0.4, 0.5) is 0 Å². The third kappa shape index (κ3) is 2.81. The van der Waals surface area contributed by atoms with Gasteiger partial charge < -0.3 is 14.6 Å². The molecule has 1 heterocycles. The predicted molar refractivity (Wildman–Crippen MR) is 90.4 cm³/mol. The topological polar surface area (TPSA) is 95.1 Å². The molecule has 0 spiro atoms. The van der Waals surface area contributed by atoms with Gasteiger partial charge in [0.2, 0.25) is 0 Å². The summed E-state index contributed by atoms with van der Waals surface area (Å²) in [6.45, 7) is 3.42. The summed E-state index contributed by atoms with van der Waals surface area (Å²) < 4.78 is 5.57. The number of nitrogens with zero attached hydrogens (tertiary/aromatic N) is 1. The fourth-order valence-corrected chi connectivity index (χ4v) is 2.45. The minimum atomic E-state index is -0.484. The van der Waals surface area contributed by atoms with Crippen molar-refractivity contribution in [2.75, 3.05) is 0 Å². The lowest BCUT2D eigenvalue weighted by Crippen LogP contribution is -2.19. The molecule has 0 aliphatic heterocycles. The van der Waals surface area contributed by atoms with Crippen LogP contribution < -0.4 is 5.43 Å². The van der Waals surface area contributed by atoms with Crippen LogP contribution in [-0.2, 0) is 0 Å². The number of nitrogens with one attached hydrogen (secondary N) is 1. The molecule has 2 aromatic carbocycles. The number of aromatic hydroxyl groups is 2. The van der Waals surface area contributed by atoms with E-state index in [9.17, 15) is 15.0 Å². The lowest BCUT2D eigenvalue weighted by molar-refractivity contribution is 0.0928. The van der Waals surface area contributed by atoms with Crippen molar-refractivity contribution in [3.63, 3.8) is 0 Å². The van der Waals surface area contributed by atoms with Gasteiger partial charge in [0.15, 0.2) is 5.76 Å². The first-order valence-electron chi connectivity index (χ1n) is 7.32. The van der Waals surface area contributed by atoms with Crippen LogP contribution >= 0.6 is 0 Å². The molecule has 0 fully saturated rings. The fourth-order valence-electron chi connectivity index (χ4n) is 2.45. The molecule has 24 heavy (non-hydrogen) atoms. The molecule has 3 N–H and O–H groups in total. The normalized spacial score (nSPS) is 11.7. The SMILES string of the molecule is C/C(=N/NC(=O)c1oc2ccccc2c1C)c1cc(O)ccc1O. The quantitative estimate of drug-likeness (QED) is 0.391. The largest absolute Gasteiger partial charge is 0.508 e. The summed E-state index contributed by atoms with van der Waals surface area (Å²) >= 11 is 0. The van der Waals surface area contributed by atoms with Gasteiger partial charge in [-0.3, -0.25) is 4.79 Å². The number of hydrazone groups is 1. The van der Waals surface area contributed by atoms with E-state index in [4.69, 9.17) is 4.42 Å². The second-order valence-electron chi connectivity index (χ2n) is 5.39. The minimum absolute atomic E-state index is 0.00296. The summed E-state index contributed by atoms with van der Waals surface area (Å²) in [6, 6.07) is 11.5. The number of carbonyl (C=O) groups is 1. The first kappa shape index (κ1) is 15.6. The smallest absolute Gasteiger partial charge is 0.307 e. The number of phenolic OH excluding ortho intramolecular Hbond substituents is 2. The van der Waals surface area contributed by atoms with Crippen LogP contribution in [0.25, 0.3) is 11.0 Å². The molecule has 0 saturated carbocycles. The molecule has 0 saturated heterocycles. The van der Waals surface area contributed by atoms with E-state index in [-0.39, 0.29) is 17.3 Å². The average Bonchev–Trinajstić information content (AvgIpc) is 2.92. The lowest BCUT2D eigenvalue weighted by Gasteiger charge is -2.05. The van der Waals surface area contributed by atoms with Gasteiger partial charge in [0.05, 0.1) is 5.71 Å². The van der Waals surface area contributed by atoms with Gasteiger partial charge >= 0.3 is 5.91 Å². The van der Waals surface area contributed by atoms with E-state index in [2.05, 4.69) is 10.5 Å². The molecule has 0 aliphatic carbocycles.